The molecule has 10 nitrogen and oxygen atoms in total. The van der Waals surface area contributed by atoms with Crippen molar-refractivity contribution < 1.29 is 18.8 Å². The number of likely N-dealkylation sites (tertiary alicyclic amines) is 1. The van der Waals surface area contributed by atoms with E-state index in [2.05, 4.69) is 20.4 Å². The molecular formula is C19H26N6O4. The first-order valence-corrected chi connectivity index (χ1v) is 9.58. The van der Waals surface area contributed by atoms with Crippen LogP contribution in [0.5, 0.6) is 0 Å². The number of carbonyl (C=O) groups excluding carboxylic acids is 2. The second-order valence-electron chi connectivity index (χ2n) is 6.94. The van der Waals surface area contributed by atoms with Crippen LogP contribution in [-0.2, 0) is 11.2 Å². The molecule has 0 saturated carbocycles. The molecule has 0 aromatic carbocycles. The molecule has 0 radical (unpaired) electrons. The number of aromatic nitrogens is 3. The fourth-order valence-electron chi connectivity index (χ4n) is 2.94. The van der Waals surface area contributed by atoms with Crippen molar-refractivity contribution in [2.75, 3.05) is 46.9 Å². The summed E-state index contributed by atoms with van der Waals surface area (Å²) in [5.41, 5.74) is 0.589. The van der Waals surface area contributed by atoms with Crippen molar-refractivity contribution >= 4 is 11.9 Å². The minimum atomic E-state index is -0.0895. The fourth-order valence-corrected chi connectivity index (χ4v) is 2.94. The van der Waals surface area contributed by atoms with Crippen molar-refractivity contribution in [3.8, 4) is 0 Å². The average Bonchev–Trinajstić information content (AvgIpc) is 3.17. The van der Waals surface area contributed by atoms with E-state index in [9.17, 15) is 9.59 Å². The van der Waals surface area contributed by atoms with Gasteiger partial charge in [0.2, 0.25) is 5.89 Å². The van der Waals surface area contributed by atoms with Crippen LogP contribution in [0.2, 0.25) is 0 Å². The van der Waals surface area contributed by atoms with Gasteiger partial charge in [-0.3, -0.25) is 9.78 Å². The minimum Gasteiger partial charge on any atom is -0.385 e. The summed E-state index contributed by atoms with van der Waals surface area (Å²) in [4.78, 5) is 36.0. The third-order valence-electron chi connectivity index (χ3n) is 4.75. The lowest BCUT2D eigenvalue weighted by atomic mass is 10.0. The van der Waals surface area contributed by atoms with E-state index >= 15 is 0 Å². The molecule has 29 heavy (non-hydrogen) atoms. The number of nitrogens with zero attached hydrogens (tertiary/aromatic N) is 5. The quantitative estimate of drug-likeness (QED) is 0.621. The normalized spacial score (nSPS) is 13.8. The van der Waals surface area contributed by atoms with Gasteiger partial charge in [-0.2, -0.15) is 4.98 Å². The molecule has 2 aromatic heterocycles. The molecule has 156 valence electrons. The fraction of sp³-hybridized carbons (Fsp3) is 0.526. The number of hydrogen-bond donors (Lipinski definition) is 1. The van der Waals surface area contributed by atoms with E-state index in [4.69, 9.17) is 9.26 Å². The standard InChI is InChI=1S/C19H26N6O4/c1-24(18(26)14-4-8-20-9-5-14)10-6-16-22-17(29-23-16)15-12-25(13-15)19(27)21-7-3-11-28-2/h4-5,8-9,15H,3,6-7,10-13H2,1-2H3,(H,21,27). The summed E-state index contributed by atoms with van der Waals surface area (Å²) >= 11 is 0. The third-order valence-corrected chi connectivity index (χ3v) is 4.75. The maximum absolute atomic E-state index is 12.3. The summed E-state index contributed by atoms with van der Waals surface area (Å²) in [6.45, 7) is 2.79. The first-order chi connectivity index (χ1) is 14.1. The number of urea groups is 1. The number of methoxy groups -OCH3 is 1. The van der Waals surface area contributed by atoms with Gasteiger partial charge in [-0.25, -0.2) is 4.79 Å². The average molecular weight is 402 g/mol. The second-order valence-corrected chi connectivity index (χ2v) is 6.94. The van der Waals surface area contributed by atoms with Gasteiger partial charge in [0.25, 0.3) is 5.91 Å². The van der Waals surface area contributed by atoms with Crippen molar-refractivity contribution in [3.63, 3.8) is 0 Å². The Morgan fingerprint density at radius 2 is 2.10 bits per heavy atom. The van der Waals surface area contributed by atoms with Crippen molar-refractivity contribution in [1.29, 1.82) is 0 Å². The molecule has 1 fully saturated rings. The molecule has 1 aliphatic rings. The highest BCUT2D eigenvalue weighted by atomic mass is 16.5. The SMILES string of the molecule is COCCCNC(=O)N1CC(c2nc(CCN(C)C(=O)c3ccncc3)no2)C1. The lowest BCUT2D eigenvalue weighted by Gasteiger charge is -2.36. The Kier molecular flexibility index (Phi) is 7.12. The van der Waals surface area contributed by atoms with Gasteiger partial charge in [0.1, 0.15) is 0 Å². The smallest absolute Gasteiger partial charge is 0.317 e. The topological polar surface area (TPSA) is 114 Å². The molecule has 0 spiro atoms. The summed E-state index contributed by atoms with van der Waals surface area (Å²) in [5, 5.41) is 6.85. The summed E-state index contributed by atoms with van der Waals surface area (Å²) in [5.74, 6) is 1.06. The minimum absolute atomic E-state index is 0.0529. The number of amides is 3. The molecule has 2 aromatic rings. The van der Waals surface area contributed by atoms with E-state index in [-0.39, 0.29) is 17.9 Å². The van der Waals surface area contributed by atoms with Crippen LogP contribution in [0, 0.1) is 0 Å². The molecule has 10 heteroatoms. The Morgan fingerprint density at radius 1 is 1.34 bits per heavy atom. The molecule has 1 N–H and O–H groups in total. The van der Waals surface area contributed by atoms with Crippen molar-refractivity contribution in [2.24, 2.45) is 0 Å². The van der Waals surface area contributed by atoms with Gasteiger partial charge in [0.15, 0.2) is 5.82 Å². The van der Waals surface area contributed by atoms with Crippen LogP contribution >= 0.6 is 0 Å². The zero-order chi connectivity index (χ0) is 20.6. The molecular weight excluding hydrogens is 376 g/mol. The lowest BCUT2D eigenvalue weighted by Crippen LogP contribution is -2.52. The van der Waals surface area contributed by atoms with Crippen LogP contribution in [0.25, 0.3) is 0 Å². The summed E-state index contributed by atoms with van der Waals surface area (Å²) in [7, 11) is 3.37. The van der Waals surface area contributed by atoms with Crippen LogP contribution in [-0.4, -0.2) is 83.8 Å². The first-order valence-electron chi connectivity index (χ1n) is 9.58. The Hall–Kier alpha value is -3.01. The summed E-state index contributed by atoms with van der Waals surface area (Å²) < 4.78 is 10.3. The van der Waals surface area contributed by atoms with Crippen LogP contribution in [0.4, 0.5) is 4.79 Å². The molecule has 3 amide bonds. The second kappa shape index (κ2) is 9.97. The highest BCUT2D eigenvalue weighted by molar-refractivity contribution is 5.93. The predicted octanol–water partition coefficient (Wildman–Crippen LogP) is 0.925. The highest BCUT2D eigenvalue weighted by Gasteiger charge is 2.35. The van der Waals surface area contributed by atoms with Gasteiger partial charge in [-0.05, 0) is 18.6 Å². The number of likely N-dealkylation sites (N-methyl/N-ethyl adjacent to an activating group) is 1. The molecule has 0 atom stereocenters. The van der Waals surface area contributed by atoms with Crippen LogP contribution in [0.15, 0.2) is 29.0 Å². The predicted molar refractivity (Wildman–Crippen MR) is 103 cm³/mol. The number of carbonyl (C=O) groups is 2. The number of pyridine rings is 1. The van der Waals surface area contributed by atoms with E-state index in [1.54, 1.807) is 48.5 Å². The molecule has 0 aliphatic carbocycles. The third kappa shape index (κ3) is 5.50. The largest absolute Gasteiger partial charge is 0.385 e. The molecule has 1 aliphatic heterocycles. The van der Waals surface area contributed by atoms with E-state index in [1.165, 1.54) is 0 Å². The summed E-state index contributed by atoms with van der Waals surface area (Å²) in [6, 6.07) is 3.27. The van der Waals surface area contributed by atoms with Gasteiger partial charge in [-0.15, -0.1) is 0 Å². The van der Waals surface area contributed by atoms with E-state index in [0.717, 1.165) is 6.42 Å². The summed E-state index contributed by atoms with van der Waals surface area (Å²) in [6.07, 6.45) is 4.46. The van der Waals surface area contributed by atoms with Crippen LogP contribution < -0.4 is 5.32 Å². The lowest BCUT2D eigenvalue weighted by molar-refractivity contribution is 0.0795. The molecule has 0 bridgehead atoms. The Balaban J connectivity index is 1.40. The monoisotopic (exact) mass is 402 g/mol. The zero-order valence-corrected chi connectivity index (χ0v) is 16.7. The van der Waals surface area contributed by atoms with Crippen molar-refractivity contribution in [3.05, 3.63) is 41.8 Å². The van der Waals surface area contributed by atoms with Gasteiger partial charge in [-0.1, -0.05) is 5.16 Å². The Bertz CT molecular complexity index is 806. The first kappa shape index (κ1) is 20.7. The Morgan fingerprint density at radius 3 is 2.83 bits per heavy atom. The van der Waals surface area contributed by atoms with Gasteiger partial charge in [0, 0.05) is 71.3 Å². The highest BCUT2D eigenvalue weighted by Crippen LogP contribution is 2.25. The van der Waals surface area contributed by atoms with E-state index in [1.807, 2.05) is 0 Å². The van der Waals surface area contributed by atoms with E-state index in [0.29, 0.717) is 56.5 Å². The van der Waals surface area contributed by atoms with Crippen molar-refractivity contribution in [2.45, 2.75) is 18.8 Å². The number of hydrogen-bond acceptors (Lipinski definition) is 7. The van der Waals surface area contributed by atoms with Crippen LogP contribution in [0.1, 0.15) is 34.4 Å². The zero-order valence-electron chi connectivity index (χ0n) is 16.7. The number of ether oxygens (including phenoxy) is 1. The van der Waals surface area contributed by atoms with E-state index < -0.39 is 0 Å². The number of rotatable bonds is 9. The Labute approximate surface area is 169 Å². The molecule has 0 unspecified atom stereocenters. The van der Waals surface area contributed by atoms with Gasteiger partial charge in [0.05, 0.1) is 5.92 Å². The van der Waals surface area contributed by atoms with Crippen LogP contribution in [0.3, 0.4) is 0 Å². The van der Waals surface area contributed by atoms with Crippen molar-refractivity contribution in [1.82, 2.24) is 30.2 Å². The molecule has 1 saturated heterocycles. The number of nitrogens with one attached hydrogen (secondary N) is 1. The molecule has 3 heterocycles. The molecule has 3 rings (SSSR count). The maximum atomic E-state index is 12.3. The maximum Gasteiger partial charge on any atom is 0.317 e. The van der Waals surface area contributed by atoms with Gasteiger partial charge < -0.3 is 24.4 Å². The van der Waals surface area contributed by atoms with Gasteiger partial charge >= 0.3 is 6.03 Å².